The maximum atomic E-state index is 6.85. The van der Waals surface area contributed by atoms with Crippen LogP contribution in [0.1, 0.15) is 30.5 Å². The highest BCUT2D eigenvalue weighted by Gasteiger charge is 2.37. The topological polar surface area (TPSA) is 16.4 Å². The number of benzene rings is 6. The quantitative estimate of drug-likeness (QED) is 0.220. The fraction of sp³-hybridized carbons (Fsp3) is 0.100. The molecule has 8 rings (SSSR count). The van der Waals surface area contributed by atoms with E-state index in [0.717, 1.165) is 44.7 Å². The van der Waals surface area contributed by atoms with Gasteiger partial charge in [-0.2, -0.15) is 0 Å². The lowest BCUT2D eigenvalue weighted by atomic mass is 9.82. The van der Waals surface area contributed by atoms with Gasteiger partial charge in [-0.15, -0.1) is 0 Å². The summed E-state index contributed by atoms with van der Waals surface area (Å²) in [6.07, 6.45) is 0. The average molecular weight is 542 g/mol. The van der Waals surface area contributed by atoms with Crippen LogP contribution in [0.25, 0.3) is 44.2 Å². The summed E-state index contributed by atoms with van der Waals surface area (Å²) < 4.78 is 6.85. The maximum absolute atomic E-state index is 6.85. The molecule has 0 aliphatic heterocycles. The van der Waals surface area contributed by atoms with Crippen molar-refractivity contribution >= 4 is 39.0 Å². The van der Waals surface area contributed by atoms with Gasteiger partial charge in [0.2, 0.25) is 0 Å². The predicted octanol–water partition coefficient (Wildman–Crippen LogP) is 11.3. The Morgan fingerprint density at radius 1 is 0.524 bits per heavy atom. The third kappa shape index (κ3) is 3.65. The monoisotopic (exact) mass is 541 g/mol. The third-order valence-electron chi connectivity index (χ3n) is 8.92. The van der Waals surface area contributed by atoms with E-state index in [0.29, 0.717) is 0 Å². The summed E-state index contributed by atoms with van der Waals surface area (Å²) >= 11 is 0. The van der Waals surface area contributed by atoms with Crippen LogP contribution in [0, 0.1) is 6.92 Å². The van der Waals surface area contributed by atoms with Gasteiger partial charge in [0.1, 0.15) is 11.2 Å². The fourth-order valence-corrected chi connectivity index (χ4v) is 6.85. The van der Waals surface area contributed by atoms with E-state index in [1.807, 2.05) is 0 Å². The Bertz CT molecular complexity index is 2120. The number of furan rings is 1. The van der Waals surface area contributed by atoms with E-state index in [1.165, 1.54) is 33.2 Å². The number of fused-ring (bicyclic) bond motifs is 7. The lowest BCUT2D eigenvalue weighted by Gasteiger charge is -2.26. The first-order valence-corrected chi connectivity index (χ1v) is 14.6. The van der Waals surface area contributed by atoms with Gasteiger partial charge in [0.05, 0.1) is 0 Å². The Balaban J connectivity index is 1.27. The average Bonchev–Trinajstić information content (AvgIpc) is 3.51. The van der Waals surface area contributed by atoms with E-state index in [2.05, 4.69) is 159 Å². The molecular weight excluding hydrogens is 510 g/mol. The Kier molecular flexibility index (Phi) is 5.42. The molecule has 0 saturated carbocycles. The molecule has 1 aliphatic rings. The van der Waals surface area contributed by atoms with E-state index in [-0.39, 0.29) is 5.41 Å². The molecule has 2 heteroatoms. The molecule has 7 aromatic rings. The Labute approximate surface area is 246 Å². The van der Waals surface area contributed by atoms with Crippen molar-refractivity contribution in [2.45, 2.75) is 26.2 Å². The van der Waals surface area contributed by atoms with Gasteiger partial charge in [-0.1, -0.05) is 111 Å². The smallest absolute Gasteiger partial charge is 0.143 e. The van der Waals surface area contributed by atoms with E-state index in [4.69, 9.17) is 4.42 Å². The van der Waals surface area contributed by atoms with E-state index < -0.39 is 0 Å². The highest BCUT2D eigenvalue weighted by molar-refractivity contribution is 6.14. The van der Waals surface area contributed by atoms with Gasteiger partial charge in [0.15, 0.2) is 0 Å². The lowest BCUT2D eigenvalue weighted by molar-refractivity contribution is 0.653. The zero-order valence-corrected chi connectivity index (χ0v) is 24.1. The SMILES string of the molecule is Cc1cccc(N(c2ccccc2)c2ccc(-c3cccc4c3oc3c5c(ccc34)C(C)(C)c3ccccc3-5)cc2)c1. The third-order valence-corrected chi connectivity index (χ3v) is 8.92. The normalized spacial score (nSPS) is 13.3. The summed E-state index contributed by atoms with van der Waals surface area (Å²) in [4.78, 5) is 2.31. The molecule has 0 N–H and O–H groups in total. The van der Waals surface area contributed by atoms with Crippen LogP contribution in [-0.4, -0.2) is 0 Å². The van der Waals surface area contributed by atoms with Gasteiger partial charge in [-0.25, -0.2) is 0 Å². The minimum Gasteiger partial charge on any atom is -0.455 e. The molecular formula is C40H31NO. The molecule has 0 spiro atoms. The number of anilines is 3. The summed E-state index contributed by atoms with van der Waals surface area (Å²) in [7, 11) is 0. The highest BCUT2D eigenvalue weighted by Crippen LogP contribution is 2.52. The predicted molar refractivity (Wildman–Crippen MR) is 176 cm³/mol. The minimum atomic E-state index is -0.0559. The standard InChI is InChI=1S/C40H31NO/c1-26-11-9-14-30(25-26)41(28-12-5-4-6-13-28)29-21-19-27(20-22-29)31-16-10-17-32-33-23-24-36-37(39(33)42-38(31)32)34-15-7-8-18-35(34)40(36,2)3/h4-25H,1-3H3. The van der Waals surface area contributed by atoms with Crippen LogP contribution in [0.4, 0.5) is 17.1 Å². The van der Waals surface area contributed by atoms with Gasteiger partial charge in [0, 0.05) is 44.4 Å². The van der Waals surface area contributed by atoms with Crippen LogP contribution in [0.2, 0.25) is 0 Å². The van der Waals surface area contributed by atoms with Crippen LogP contribution in [0.15, 0.2) is 138 Å². The Hall–Kier alpha value is -5.08. The molecule has 0 bridgehead atoms. The van der Waals surface area contributed by atoms with Crippen molar-refractivity contribution in [3.8, 4) is 22.3 Å². The number of aryl methyl sites for hydroxylation is 1. The number of rotatable bonds is 4. The van der Waals surface area contributed by atoms with Crippen molar-refractivity contribution in [2.24, 2.45) is 0 Å². The van der Waals surface area contributed by atoms with Crippen LogP contribution in [0.5, 0.6) is 0 Å². The lowest BCUT2D eigenvalue weighted by Crippen LogP contribution is -2.14. The highest BCUT2D eigenvalue weighted by atomic mass is 16.3. The molecule has 2 nitrogen and oxygen atoms in total. The molecule has 0 atom stereocenters. The van der Waals surface area contributed by atoms with E-state index >= 15 is 0 Å². The minimum absolute atomic E-state index is 0.0559. The molecule has 1 aromatic heterocycles. The molecule has 6 aromatic carbocycles. The summed E-state index contributed by atoms with van der Waals surface area (Å²) in [5.74, 6) is 0. The fourth-order valence-electron chi connectivity index (χ4n) is 6.85. The maximum Gasteiger partial charge on any atom is 0.143 e. The summed E-state index contributed by atoms with van der Waals surface area (Å²) in [6, 6.07) is 47.9. The zero-order chi connectivity index (χ0) is 28.4. The van der Waals surface area contributed by atoms with Gasteiger partial charge < -0.3 is 9.32 Å². The summed E-state index contributed by atoms with van der Waals surface area (Å²) in [5, 5.41) is 2.33. The first-order valence-electron chi connectivity index (χ1n) is 14.6. The van der Waals surface area contributed by atoms with Crippen molar-refractivity contribution in [3.05, 3.63) is 150 Å². The van der Waals surface area contributed by atoms with Crippen molar-refractivity contribution in [1.29, 1.82) is 0 Å². The first kappa shape index (κ1) is 24.7. The molecule has 0 saturated heterocycles. The number of para-hydroxylation sites is 2. The molecule has 42 heavy (non-hydrogen) atoms. The van der Waals surface area contributed by atoms with E-state index in [1.54, 1.807) is 0 Å². The van der Waals surface area contributed by atoms with Gasteiger partial charge in [-0.3, -0.25) is 0 Å². The van der Waals surface area contributed by atoms with Crippen LogP contribution >= 0.6 is 0 Å². The number of hydrogen-bond acceptors (Lipinski definition) is 2. The molecule has 1 aliphatic carbocycles. The van der Waals surface area contributed by atoms with Gasteiger partial charge in [-0.05, 0) is 71.1 Å². The molecule has 0 amide bonds. The summed E-state index contributed by atoms with van der Waals surface area (Å²) in [5.41, 5.74) is 14.0. The van der Waals surface area contributed by atoms with Crippen LogP contribution in [0.3, 0.4) is 0 Å². The van der Waals surface area contributed by atoms with Crippen molar-refractivity contribution < 1.29 is 4.42 Å². The van der Waals surface area contributed by atoms with Gasteiger partial charge >= 0.3 is 0 Å². The molecule has 0 radical (unpaired) electrons. The number of hydrogen-bond donors (Lipinski definition) is 0. The van der Waals surface area contributed by atoms with E-state index in [9.17, 15) is 0 Å². The van der Waals surface area contributed by atoms with Crippen molar-refractivity contribution in [3.63, 3.8) is 0 Å². The largest absolute Gasteiger partial charge is 0.455 e. The Morgan fingerprint density at radius 3 is 2.00 bits per heavy atom. The molecule has 202 valence electrons. The molecule has 0 unspecified atom stereocenters. The Morgan fingerprint density at radius 2 is 1.19 bits per heavy atom. The van der Waals surface area contributed by atoms with Crippen molar-refractivity contribution in [1.82, 2.24) is 0 Å². The van der Waals surface area contributed by atoms with Crippen molar-refractivity contribution in [2.75, 3.05) is 4.90 Å². The van der Waals surface area contributed by atoms with Gasteiger partial charge in [0.25, 0.3) is 0 Å². The second kappa shape index (κ2) is 9.22. The second-order valence-electron chi connectivity index (χ2n) is 11.9. The van der Waals surface area contributed by atoms with Crippen LogP contribution in [-0.2, 0) is 5.41 Å². The number of nitrogens with zero attached hydrogens (tertiary/aromatic N) is 1. The molecule has 1 heterocycles. The first-order chi connectivity index (χ1) is 20.5. The second-order valence-corrected chi connectivity index (χ2v) is 11.9. The van der Waals surface area contributed by atoms with Crippen LogP contribution < -0.4 is 4.90 Å². The zero-order valence-electron chi connectivity index (χ0n) is 24.1. The molecule has 0 fully saturated rings. The summed E-state index contributed by atoms with van der Waals surface area (Å²) in [6.45, 7) is 6.77.